The molecule has 0 bridgehead atoms. The quantitative estimate of drug-likeness (QED) is 0.878. The van der Waals surface area contributed by atoms with Crippen LogP contribution in [0.4, 0.5) is 0 Å². The molecule has 1 aromatic carbocycles. The topological polar surface area (TPSA) is 48.1 Å². The van der Waals surface area contributed by atoms with E-state index in [2.05, 4.69) is 37.9 Å². The Labute approximate surface area is 124 Å². The van der Waals surface area contributed by atoms with E-state index in [1.807, 2.05) is 12.1 Å². The van der Waals surface area contributed by atoms with Gasteiger partial charge in [0.2, 0.25) is 0 Å². The summed E-state index contributed by atoms with van der Waals surface area (Å²) in [6.07, 6.45) is 0.929. The van der Waals surface area contributed by atoms with E-state index in [1.54, 1.807) is 11.3 Å². The van der Waals surface area contributed by atoms with Crippen molar-refractivity contribution in [2.45, 2.75) is 33.7 Å². The van der Waals surface area contributed by atoms with Crippen molar-refractivity contribution in [3.05, 3.63) is 34.8 Å². The molecule has 0 unspecified atom stereocenters. The number of hydrogen-bond acceptors (Lipinski definition) is 4. The van der Waals surface area contributed by atoms with Crippen LogP contribution in [0.15, 0.2) is 24.3 Å². The van der Waals surface area contributed by atoms with Gasteiger partial charge in [-0.3, -0.25) is 0 Å². The van der Waals surface area contributed by atoms with Crippen molar-refractivity contribution in [3.8, 4) is 16.3 Å². The van der Waals surface area contributed by atoms with E-state index in [0.717, 1.165) is 35.0 Å². The minimum Gasteiger partial charge on any atom is -0.493 e. The van der Waals surface area contributed by atoms with Crippen molar-refractivity contribution in [1.29, 1.82) is 0 Å². The molecule has 0 aliphatic carbocycles. The molecule has 0 spiro atoms. The maximum absolute atomic E-state index is 5.76. The third-order valence-electron chi connectivity index (χ3n) is 2.98. The van der Waals surface area contributed by atoms with E-state index in [1.165, 1.54) is 4.88 Å². The van der Waals surface area contributed by atoms with Crippen molar-refractivity contribution < 1.29 is 4.74 Å². The maximum atomic E-state index is 5.76. The lowest BCUT2D eigenvalue weighted by molar-refractivity contribution is 0.271. The van der Waals surface area contributed by atoms with Crippen LogP contribution in [0.3, 0.4) is 0 Å². The first kappa shape index (κ1) is 15.0. The Balaban J connectivity index is 2.15. The summed E-state index contributed by atoms with van der Waals surface area (Å²) in [5.74, 6) is 1.45. The first-order valence-electron chi connectivity index (χ1n) is 7.06. The number of rotatable bonds is 6. The van der Waals surface area contributed by atoms with E-state index in [-0.39, 0.29) is 0 Å². The van der Waals surface area contributed by atoms with Crippen molar-refractivity contribution in [1.82, 2.24) is 4.98 Å². The molecule has 0 aliphatic heterocycles. The highest BCUT2D eigenvalue weighted by atomic mass is 32.1. The lowest BCUT2D eigenvalue weighted by Gasteiger charge is -2.08. The van der Waals surface area contributed by atoms with Gasteiger partial charge in [-0.1, -0.05) is 20.8 Å². The molecule has 20 heavy (non-hydrogen) atoms. The van der Waals surface area contributed by atoms with Crippen molar-refractivity contribution in [2.24, 2.45) is 11.7 Å². The maximum Gasteiger partial charge on any atom is 0.123 e. The molecule has 0 aliphatic rings. The molecule has 0 radical (unpaired) electrons. The number of thiazole rings is 1. The van der Waals surface area contributed by atoms with Gasteiger partial charge in [-0.05, 0) is 36.6 Å². The van der Waals surface area contributed by atoms with E-state index in [9.17, 15) is 0 Å². The molecule has 0 amide bonds. The van der Waals surface area contributed by atoms with Gasteiger partial charge in [-0.25, -0.2) is 4.98 Å². The van der Waals surface area contributed by atoms with E-state index in [4.69, 9.17) is 10.5 Å². The number of hydrogen-bond donors (Lipinski definition) is 1. The second-order valence-corrected chi connectivity index (χ2v) is 6.26. The summed E-state index contributed by atoms with van der Waals surface area (Å²) in [6.45, 7) is 7.71. The minimum absolute atomic E-state index is 0.535. The summed E-state index contributed by atoms with van der Waals surface area (Å²) in [5, 5.41) is 1.04. The summed E-state index contributed by atoms with van der Waals surface area (Å²) in [6, 6.07) is 8.14. The Morgan fingerprint density at radius 1 is 1.25 bits per heavy atom. The normalized spacial score (nSPS) is 11.1. The Hall–Kier alpha value is -1.39. The highest BCUT2D eigenvalue weighted by Gasteiger charge is 2.10. The molecule has 0 saturated carbocycles. The molecule has 0 atom stereocenters. The van der Waals surface area contributed by atoms with Crippen LogP contribution in [0, 0.1) is 5.92 Å². The third kappa shape index (κ3) is 3.58. The Morgan fingerprint density at radius 3 is 2.45 bits per heavy atom. The molecule has 1 aromatic heterocycles. The van der Waals surface area contributed by atoms with Crippen LogP contribution in [-0.2, 0) is 13.0 Å². The number of nitrogens with zero attached hydrogens (tertiary/aromatic N) is 1. The average molecular weight is 290 g/mol. The number of nitrogens with two attached hydrogens (primary N) is 1. The van der Waals surface area contributed by atoms with Gasteiger partial charge in [0.25, 0.3) is 0 Å². The second-order valence-electron chi connectivity index (χ2n) is 5.18. The zero-order chi connectivity index (χ0) is 14.5. The minimum atomic E-state index is 0.535. The first-order valence-corrected chi connectivity index (χ1v) is 7.87. The Bertz CT molecular complexity index is 525. The zero-order valence-corrected chi connectivity index (χ0v) is 13.2. The van der Waals surface area contributed by atoms with Gasteiger partial charge in [-0.15, -0.1) is 11.3 Å². The smallest absolute Gasteiger partial charge is 0.123 e. The predicted molar refractivity (Wildman–Crippen MR) is 85.2 cm³/mol. The fourth-order valence-electron chi connectivity index (χ4n) is 1.90. The fraction of sp³-hybridized carbons (Fsp3) is 0.438. The largest absolute Gasteiger partial charge is 0.493 e. The molecule has 2 N–H and O–H groups in total. The van der Waals surface area contributed by atoms with Crippen LogP contribution in [0.2, 0.25) is 0 Å². The van der Waals surface area contributed by atoms with Crippen LogP contribution in [0.25, 0.3) is 10.6 Å². The van der Waals surface area contributed by atoms with Crippen molar-refractivity contribution in [2.75, 3.05) is 6.61 Å². The lowest BCUT2D eigenvalue weighted by Crippen LogP contribution is -2.04. The molecule has 108 valence electrons. The van der Waals surface area contributed by atoms with E-state index < -0.39 is 0 Å². The summed E-state index contributed by atoms with van der Waals surface area (Å²) >= 11 is 1.68. The lowest BCUT2D eigenvalue weighted by atomic mass is 10.2. The average Bonchev–Trinajstić information content (AvgIpc) is 2.89. The Kier molecular flexibility index (Phi) is 5.15. The molecular formula is C16H22N2OS. The van der Waals surface area contributed by atoms with Gasteiger partial charge in [0.1, 0.15) is 10.8 Å². The van der Waals surface area contributed by atoms with Gasteiger partial charge >= 0.3 is 0 Å². The zero-order valence-electron chi connectivity index (χ0n) is 12.3. The molecule has 3 nitrogen and oxygen atoms in total. The number of aryl methyl sites for hydroxylation is 1. The van der Waals surface area contributed by atoms with Crippen LogP contribution in [0.1, 0.15) is 31.3 Å². The fourth-order valence-corrected chi connectivity index (χ4v) is 2.93. The van der Waals surface area contributed by atoms with Crippen LogP contribution in [-0.4, -0.2) is 11.6 Å². The second kappa shape index (κ2) is 6.86. The molecular weight excluding hydrogens is 268 g/mol. The molecule has 1 heterocycles. The molecule has 4 heteroatoms. The number of ether oxygens (including phenoxy) is 1. The summed E-state index contributed by atoms with van der Waals surface area (Å²) in [5.41, 5.74) is 8.00. The highest BCUT2D eigenvalue weighted by molar-refractivity contribution is 7.15. The SMILES string of the molecule is CCc1nc(-c2ccc(OCC(C)C)cc2)sc1CN. The van der Waals surface area contributed by atoms with E-state index in [0.29, 0.717) is 12.5 Å². The summed E-state index contributed by atoms with van der Waals surface area (Å²) < 4.78 is 5.69. The predicted octanol–water partition coefficient (Wildman–Crippen LogP) is 3.87. The number of aromatic nitrogens is 1. The third-order valence-corrected chi connectivity index (χ3v) is 4.15. The summed E-state index contributed by atoms with van der Waals surface area (Å²) in [7, 11) is 0. The molecule has 0 saturated heterocycles. The molecule has 2 rings (SSSR count). The highest BCUT2D eigenvalue weighted by Crippen LogP contribution is 2.29. The van der Waals surface area contributed by atoms with Crippen molar-refractivity contribution in [3.63, 3.8) is 0 Å². The van der Waals surface area contributed by atoms with Gasteiger partial charge < -0.3 is 10.5 Å². The number of benzene rings is 1. The molecule has 2 aromatic rings. The first-order chi connectivity index (χ1) is 9.63. The van der Waals surface area contributed by atoms with Crippen molar-refractivity contribution >= 4 is 11.3 Å². The van der Waals surface area contributed by atoms with E-state index >= 15 is 0 Å². The van der Waals surface area contributed by atoms with Crippen LogP contribution in [0.5, 0.6) is 5.75 Å². The van der Waals surface area contributed by atoms with Crippen LogP contribution < -0.4 is 10.5 Å². The van der Waals surface area contributed by atoms with Gasteiger partial charge in [0, 0.05) is 17.0 Å². The van der Waals surface area contributed by atoms with Gasteiger partial charge in [0.05, 0.1) is 12.3 Å². The summed E-state index contributed by atoms with van der Waals surface area (Å²) in [4.78, 5) is 5.85. The van der Waals surface area contributed by atoms with Crippen LogP contribution >= 0.6 is 11.3 Å². The van der Waals surface area contributed by atoms with Gasteiger partial charge in [0.15, 0.2) is 0 Å². The van der Waals surface area contributed by atoms with Gasteiger partial charge in [-0.2, -0.15) is 0 Å². The Morgan fingerprint density at radius 2 is 1.95 bits per heavy atom. The monoisotopic (exact) mass is 290 g/mol. The standard InChI is InChI=1S/C16H22N2OS/c1-4-14-15(9-17)20-16(18-14)12-5-7-13(8-6-12)19-10-11(2)3/h5-8,11H,4,9-10,17H2,1-3H3. The molecule has 0 fully saturated rings.